The maximum Gasteiger partial charge on any atom is 0.187 e. The third-order valence-corrected chi connectivity index (χ3v) is 17.4. The molecule has 9 aliphatic rings. The van der Waals surface area contributed by atoms with Crippen molar-refractivity contribution in [1.82, 2.24) is 0 Å². The molecule has 348 valence electrons. The molecule has 5 heterocycles. The van der Waals surface area contributed by atoms with Gasteiger partial charge in [-0.2, -0.15) is 0 Å². The van der Waals surface area contributed by atoms with Gasteiger partial charge < -0.3 is 83.9 Å². The molecule has 0 unspecified atom stereocenters. The van der Waals surface area contributed by atoms with Crippen molar-refractivity contribution in [3.63, 3.8) is 0 Å². The quantitative estimate of drug-likeness (QED) is 0.151. The Morgan fingerprint density at radius 1 is 0.738 bits per heavy atom. The van der Waals surface area contributed by atoms with E-state index in [0.717, 1.165) is 50.7 Å². The van der Waals surface area contributed by atoms with Crippen molar-refractivity contribution in [3.8, 4) is 0 Å². The molecular weight excluding hydrogens is 800 g/mol. The zero-order chi connectivity index (χ0) is 43.5. The van der Waals surface area contributed by atoms with Crippen LogP contribution in [0.2, 0.25) is 0 Å². The highest BCUT2D eigenvalue weighted by Crippen LogP contribution is 2.71. The molecule has 0 aromatic rings. The number of ether oxygens (including phenoxy) is 8. The lowest BCUT2D eigenvalue weighted by Gasteiger charge is -2.61. The molecule has 17 heteroatoms. The van der Waals surface area contributed by atoms with Crippen molar-refractivity contribution in [3.05, 3.63) is 11.6 Å². The molecule has 0 aromatic carbocycles. The van der Waals surface area contributed by atoms with Crippen LogP contribution in [0.25, 0.3) is 0 Å². The molecule has 9 N–H and O–H groups in total. The molecule has 61 heavy (non-hydrogen) atoms. The van der Waals surface area contributed by atoms with E-state index in [1.165, 1.54) is 6.92 Å². The first-order valence-electron chi connectivity index (χ1n) is 22.9. The van der Waals surface area contributed by atoms with Crippen LogP contribution in [0.4, 0.5) is 0 Å². The monoisotopic (exact) mass is 870 g/mol. The van der Waals surface area contributed by atoms with E-state index in [1.807, 2.05) is 0 Å². The molecule has 26 atom stereocenters. The number of aliphatic hydroxyl groups is 9. The lowest BCUT2D eigenvalue weighted by molar-refractivity contribution is -0.393. The lowest BCUT2D eigenvalue weighted by atomic mass is 9.46. The highest BCUT2D eigenvalue weighted by Gasteiger charge is 2.70. The first kappa shape index (κ1) is 45.2. The van der Waals surface area contributed by atoms with Gasteiger partial charge in [-0.3, -0.25) is 0 Å². The van der Waals surface area contributed by atoms with Gasteiger partial charge in [0.25, 0.3) is 0 Å². The van der Waals surface area contributed by atoms with E-state index in [-0.39, 0.29) is 29.8 Å². The predicted octanol–water partition coefficient (Wildman–Crippen LogP) is -0.176. The topological polar surface area (TPSA) is 256 Å². The van der Waals surface area contributed by atoms with Crippen LogP contribution in [-0.2, 0) is 37.9 Å². The lowest BCUT2D eigenvalue weighted by Crippen LogP contribution is -2.67. The van der Waals surface area contributed by atoms with Crippen molar-refractivity contribution in [2.24, 2.45) is 46.3 Å². The molecule has 5 saturated heterocycles. The summed E-state index contributed by atoms with van der Waals surface area (Å²) in [6.07, 6.45) is -14.0. The van der Waals surface area contributed by atoms with Gasteiger partial charge in [-0.15, -0.1) is 0 Å². The first-order valence-corrected chi connectivity index (χ1v) is 22.9. The minimum absolute atomic E-state index is 0.0410. The molecule has 4 aliphatic carbocycles. The second-order valence-corrected chi connectivity index (χ2v) is 20.7. The summed E-state index contributed by atoms with van der Waals surface area (Å²) in [4.78, 5) is 0. The zero-order valence-corrected chi connectivity index (χ0v) is 35.9. The van der Waals surface area contributed by atoms with Gasteiger partial charge in [-0.1, -0.05) is 39.3 Å². The van der Waals surface area contributed by atoms with Crippen molar-refractivity contribution < 1.29 is 83.9 Å². The van der Waals surface area contributed by atoms with Gasteiger partial charge in [-0.05, 0) is 80.5 Å². The fourth-order valence-corrected chi connectivity index (χ4v) is 13.8. The summed E-state index contributed by atoms with van der Waals surface area (Å²) < 4.78 is 50.8. The summed E-state index contributed by atoms with van der Waals surface area (Å²) >= 11 is 0. The van der Waals surface area contributed by atoms with E-state index in [4.69, 9.17) is 37.9 Å². The summed E-state index contributed by atoms with van der Waals surface area (Å²) in [5.74, 6) is 1.47. The molecule has 17 nitrogen and oxygen atoms in total. The van der Waals surface area contributed by atoms with Gasteiger partial charge >= 0.3 is 0 Å². The molecule has 0 bridgehead atoms. The number of hydrogen-bond donors (Lipinski definition) is 9. The van der Waals surface area contributed by atoms with Gasteiger partial charge in [0.15, 0.2) is 24.7 Å². The Kier molecular flexibility index (Phi) is 12.4. The van der Waals surface area contributed by atoms with Gasteiger partial charge in [0, 0.05) is 24.2 Å². The molecule has 0 radical (unpaired) electrons. The highest BCUT2D eigenvalue weighted by atomic mass is 16.8. The fraction of sp³-hybridized carbons (Fsp3) is 0.955. The van der Waals surface area contributed by atoms with Crippen LogP contribution in [0.15, 0.2) is 11.6 Å². The Bertz CT molecular complexity index is 1590. The molecular formula is C44H70O17. The zero-order valence-electron chi connectivity index (χ0n) is 35.9. The third-order valence-electron chi connectivity index (χ3n) is 17.4. The molecule has 9 rings (SSSR count). The average Bonchev–Trinajstić information content (AvgIpc) is 3.68. The minimum atomic E-state index is -1.77. The summed E-state index contributed by atoms with van der Waals surface area (Å²) in [6, 6.07) is 0. The standard InChI is InChI=1S/C44H70O17/c1-18-8-11-44(55-16-18)19(2)30-27(61-44)14-25-23-7-6-21-12-22(46)13-29(43(21,5)24(23)9-10-42(25,30)4)58-41-38(60-40-36(53)34(51)31(48)20(3)56-40)37(33(50)28(15-45)57-41)59-39-35(52)32(49)26(47)17-54-39/h6,18-20,22-41,45-53H,7-17H2,1-5H3/t18-,19-,20-,22+,23+,24-,25-,26+,27-,28+,29+,30-,31-,32-,33+,34+,35+,36+,37-,38+,39-,40-,41-,42-,43-,44-/m0/s1. The second-order valence-electron chi connectivity index (χ2n) is 20.7. The number of allylic oxidation sites excluding steroid dienone is 1. The Labute approximate surface area is 357 Å². The largest absolute Gasteiger partial charge is 0.394 e. The summed E-state index contributed by atoms with van der Waals surface area (Å²) in [5.41, 5.74) is 0.542. The molecule has 5 aliphatic heterocycles. The van der Waals surface area contributed by atoms with E-state index in [9.17, 15) is 46.0 Å². The van der Waals surface area contributed by atoms with Crippen molar-refractivity contribution >= 4 is 0 Å². The van der Waals surface area contributed by atoms with Gasteiger partial charge in [0.05, 0.1) is 44.2 Å². The highest BCUT2D eigenvalue weighted by molar-refractivity contribution is 5.29. The van der Waals surface area contributed by atoms with Crippen LogP contribution in [0.3, 0.4) is 0 Å². The maximum absolute atomic E-state index is 11.7. The summed E-state index contributed by atoms with van der Waals surface area (Å²) in [7, 11) is 0. The SMILES string of the molecule is C[C@H]1CC[C@]2(OC1)O[C@H]1C[C@H]3[C@@H]4CC=C5C[C@@H](O)C[C@@H](O[C@@H]6O[C@H](CO)[C@@H](O)[C@H](O[C@@H]7OC[C@@H](O)[C@H](O)[C@H]7O)[C@H]6O[C@@H]6O[C@@H](C)[C@H](O)[C@@H](O)[C@H]6O)[C@]5(C)[C@H]4CC[C@]3(C)[C@H]1[C@@H]2C. The summed E-state index contributed by atoms with van der Waals surface area (Å²) in [6.45, 7) is 10.3. The second kappa shape index (κ2) is 16.7. The Morgan fingerprint density at radius 2 is 1.48 bits per heavy atom. The van der Waals surface area contributed by atoms with E-state index < -0.39 is 123 Å². The Morgan fingerprint density at radius 3 is 2.20 bits per heavy atom. The molecule has 1 spiro atoms. The van der Waals surface area contributed by atoms with Crippen molar-refractivity contribution in [2.75, 3.05) is 19.8 Å². The van der Waals surface area contributed by atoms with Crippen LogP contribution in [0.5, 0.6) is 0 Å². The maximum atomic E-state index is 11.7. The van der Waals surface area contributed by atoms with E-state index in [1.54, 1.807) is 0 Å². The Balaban J connectivity index is 1.02. The normalized spacial score (nSPS) is 58.4. The number of rotatable bonds is 7. The van der Waals surface area contributed by atoms with Gasteiger partial charge in [0.2, 0.25) is 0 Å². The van der Waals surface area contributed by atoms with E-state index >= 15 is 0 Å². The molecule has 8 fully saturated rings. The number of aliphatic hydroxyl groups excluding tert-OH is 9. The van der Waals surface area contributed by atoms with Crippen LogP contribution < -0.4 is 0 Å². The Hall–Kier alpha value is -0.940. The number of fused-ring (bicyclic) bond motifs is 7. The van der Waals surface area contributed by atoms with Crippen molar-refractivity contribution in [2.45, 2.75) is 196 Å². The van der Waals surface area contributed by atoms with E-state index in [0.29, 0.717) is 30.1 Å². The predicted molar refractivity (Wildman–Crippen MR) is 210 cm³/mol. The molecule has 0 aromatic heterocycles. The first-order chi connectivity index (χ1) is 28.9. The van der Waals surface area contributed by atoms with Gasteiger partial charge in [0.1, 0.15) is 61.0 Å². The smallest absolute Gasteiger partial charge is 0.187 e. The number of hydrogen-bond acceptors (Lipinski definition) is 17. The molecule has 3 saturated carbocycles. The average molecular weight is 871 g/mol. The van der Waals surface area contributed by atoms with E-state index in [2.05, 4.69) is 33.8 Å². The minimum Gasteiger partial charge on any atom is -0.394 e. The van der Waals surface area contributed by atoms with Crippen LogP contribution >= 0.6 is 0 Å². The third kappa shape index (κ3) is 7.32. The van der Waals surface area contributed by atoms with Crippen molar-refractivity contribution in [1.29, 1.82) is 0 Å². The fourth-order valence-electron chi connectivity index (χ4n) is 13.8. The van der Waals surface area contributed by atoms with Crippen LogP contribution in [0, 0.1) is 46.3 Å². The summed E-state index contributed by atoms with van der Waals surface area (Å²) in [5, 5.41) is 97.4. The van der Waals surface area contributed by atoms with Crippen LogP contribution in [-0.4, -0.2) is 176 Å². The van der Waals surface area contributed by atoms with Crippen LogP contribution in [0.1, 0.15) is 86.0 Å². The van der Waals surface area contributed by atoms with Gasteiger partial charge in [-0.25, -0.2) is 0 Å². The molecule has 0 amide bonds.